The number of fused-ring (bicyclic) bond motifs is 1. The Balaban J connectivity index is 1.47. The average Bonchev–Trinajstić information content (AvgIpc) is 3.42. The van der Waals surface area contributed by atoms with Gasteiger partial charge >= 0.3 is 6.09 Å². The van der Waals surface area contributed by atoms with Crippen molar-refractivity contribution in [1.29, 1.82) is 0 Å². The number of benzene rings is 2. The van der Waals surface area contributed by atoms with Crippen LogP contribution >= 0.6 is 11.3 Å². The van der Waals surface area contributed by atoms with E-state index in [2.05, 4.69) is 15.0 Å². The van der Waals surface area contributed by atoms with E-state index in [9.17, 15) is 9.59 Å². The number of H-pyrrole nitrogens is 1. The number of thiazole rings is 1. The van der Waals surface area contributed by atoms with Gasteiger partial charge in [0.05, 0.1) is 6.04 Å². The number of aromatic nitrogens is 3. The zero-order valence-corrected chi connectivity index (χ0v) is 17.7. The molecule has 3 heterocycles. The van der Waals surface area contributed by atoms with Crippen LogP contribution in [-0.4, -0.2) is 32.5 Å². The third kappa shape index (κ3) is 3.70. The highest BCUT2D eigenvalue weighted by atomic mass is 32.1. The van der Waals surface area contributed by atoms with Crippen LogP contribution in [0.1, 0.15) is 29.5 Å². The summed E-state index contributed by atoms with van der Waals surface area (Å²) in [6.45, 7) is 2.57. The van der Waals surface area contributed by atoms with Crippen LogP contribution in [0.25, 0.3) is 21.7 Å². The number of ether oxygens (including phenoxy) is 1. The predicted molar refractivity (Wildman–Crippen MR) is 119 cm³/mol. The summed E-state index contributed by atoms with van der Waals surface area (Å²) in [7, 11) is 0. The molecule has 1 aliphatic rings. The molecule has 1 unspecified atom stereocenters. The molecular weight excluding hydrogens is 412 g/mol. The van der Waals surface area contributed by atoms with Crippen molar-refractivity contribution in [3.05, 3.63) is 75.5 Å². The first-order valence-electron chi connectivity index (χ1n) is 10.1. The minimum atomic E-state index is -0.407. The van der Waals surface area contributed by atoms with E-state index in [0.717, 1.165) is 24.0 Å². The quantitative estimate of drug-likeness (QED) is 0.507. The number of aryl methyl sites for hydroxylation is 1. The number of hydrogen-bond acceptors (Lipinski definition) is 6. The Morgan fingerprint density at radius 3 is 2.71 bits per heavy atom. The second-order valence-corrected chi connectivity index (χ2v) is 8.48. The number of aromatic amines is 1. The summed E-state index contributed by atoms with van der Waals surface area (Å²) >= 11 is 1.36. The number of nitrogens with zero attached hydrogens (tertiary/aromatic N) is 3. The van der Waals surface area contributed by atoms with Gasteiger partial charge in [0.25, 0.3) is 5.56 Å². The van der Waals surface area contributed by atoms with Crippen molar-refractivity contribution < 1.29 is 9.53 Å². The monoisotopic (exact) mass is 432 g/mol. The molecule has 4 aromatic rings. The summed E-state index contributed by atoms with van der Waals surface area (Å²) in [4.78, 5) is 39.8. The Kier molecular flexibility index (Phi) is 4.99. The lowest BCUT2D eigenvalue weighted by Crippen LogP contribution is -2.33. The summed E-state index contributed by atoms with van der Waals surface area (Å²) in [6, 6.07) is 16.6. The van der Waals surface area contributed by atoms with Crippen LogP contribution in [0.4, 0.5) is 4.79 Å². The number of para-hydroxylation sites is 1. The lowest BCUT2D eigenvalue weighted by atomic mass is 10.1. The van der Waals surface area contributed by atoms with E-state index in [1.54, 1.807) is 17.0 Å². The first-order valence-corrected chi connectivity index (χ1v) is 10.9. The van der Waals surface area contributed by atoms with Crippen LogP contribution in [0.3, 0.4) is 0 Å². The van der Waals surface area contributed by atoms with E-state index >= 15 is 0 Å². The number of amides is 1. The molecular formula is C23H20N4O3S. The highest BCUT2D eigenvalue weighted by Crippen LogP contribution is 2.36. The number of carbonyl (C=O) groups excluding carboxylic acids is 1. The van der Waals surface area contributed by atoms with Crippen molar-refractivity contribution in [2.75, 3.05) is 6.54 Å². The molecule has 8 heteroatoms. The molecule has 0 aliphatic carbocycles. The molecule has 1 N–H and O–H groups in total. The molecule has 0 saturated carbocycles. The van der Waals surface area contributed by atoms with Gasteiger partial charge < -0.3 is 9.72 Å². The Labute approximate surface area is 182 Å². The summed E-state index contributed by atoms with van der Waals surface area (Å²) in [5, 5.41) is 0.706. The van der Waals surface area contributed by atoms with Crippen molar-refractivity contribution in [2.45, 2.75) is 25.8 Å². The molecule has 1 fully saturated rings. The van der Waals surface area contributed by atoms with Crippen LogP contribution in [0, 0.1) is 6.92 Å². The van der Waals surface area contributed by atoms with Gasteiger partial charge in [0.15, 0.2) is 10.3 Å². The minimum absolute atomic E-state index is 0.225. The van der Waals surface area contributed by atoms with E-state index in [0.29, 0.717) is 33.5 Å². The van der Waals surface area contributed by atoms with Gasteiger partial charge in [-0.25, -0.2) is 14.8 Å². The lowest BCUT2D eigenvalue weighted by Gasteiger charge is -2.22. The normalized spacial score (nSPS) is 16.0. The Hall–Kier alpha value is -3.52. The van der Waals surface area contributed by atoms with Gasteiger partial charge in [-0.2, -0.15) is 0 Å². The maximum atomic E-state index is 12.8. The van der Waals surface area contributed by atoms with E-state index in [-0.39, 0.29) is 11.6 Å². The largest absolute Gasteiger partial charge is 0.415 e. The fourth-order valence-electron chi connectivity index (χ4n) is 3.85. The van der Waals surface area contributed by atoms with Crippen molar-refractivity contribution in [1.82, 2.24) is 19.9 Å². The van der Waals surface area contributed by atoms with Crippen molar-refractivity contribution in [3.63, 3.8) is 0 Å². The zero-order valence-electron chi connectivity index (χ0n) is 16.9. The SMILES string of the molecule is Cc1ccccc1-c1nc2sc(C3CCCN3C(=O)Oc3ccccc3)nc2c(=O)[nH]1. The maximum Gasteiger partial charge on any atom is 0.415 e. The molecule has 5 rings (SSSR count). The average molecular weight is 433 g/mol. The topological polar surface area (TPSA) is 88.2 Å². The Morgan fingerprint density at radius 2 is 1.90 bits per heavy atom. The van der Waals surface area contributed by atoms with E-state index in [4.69, 9.17) is 4.74 Å². The summed E-state index contributed by atoms with van der Waals surface area (Å²) in [5.74, 6) is 1.03. The van der Waals surface area contributed by atoms with Gasteiger partial charge in [-0.15, -0.1) is 0 Å². The number of nitrogens with one attached hydrogen (secondary N) is 1. The molecule has 2 aromatic carbocycles. The first-order chi connectivity index (χ1) is 15.1. The van der Waals surface area contributed by atoms with E-state index in [1.165, 1.54) is 11.3 Å². The number of carbonyl (C=O) groups is 1. The molecule has 7 nitrogen and oxygen atoms in total. The maximum absolute atomic E-state index is 12.8. The standard InChI is InChI=1S/C23H20N4O3S/c1-14-8-5-6-11-16(14)19-25-20(28)18-22(26-19)31-21(24-18)17-12-7-13-27(17)23(29)30-15-9-3-2-4-10-15/h2-6,8-11,17H,7,12-13H2,1H3,(H,25,26,28). The zero-order chi connectivity index (χ0) is 21.4. The molecule has 1 amide bonds. The van der Waals surface area contributed by atoms with Crippen LogP contribution in [0.5, 0.6) is 5.75 Å². The van der Waals surface area contributed by atoms with Gasteiger partial charge in [0.1, 0.15) is 16.6 Å². The second-order valence-electron chi connectivity index (χ2n) is 7.47. The molecule has 1 aliphatic heterocycles. The van der Waals surface area contributed by atoms with Gasteiger partial charge in [0, 0.05) is 12.1 Å². The second kappa shape index (κ2) is 7.96. The summed E-state index contributed by atoms with van der Waals surface area (Å²) < 4.78 is 5.52. The highest BCUT2D eigenvalue weighted by Gasteiger charge is 2.34. The molecule has 1 saturated heterocycles. The Morgan fingerprint density at radius 1 is 1.13 bits per heavy atom. The van der Waals surface area contributed by atoms with Crippen LogP contribution in [0.15, 0.2) is 59.4 Å². The molecule has 0 spiro atoms. The van der Waals surface area contributed by atoms with Crippen LogP contribution in [0.2, 0.25) is 0 Å². The van der Waals surface area contributed by atoms with Crippen LogP contribution < -0.4 is 10.3 Å². The van der Waals surface area contributed by atoms with Crippen molar-refractivity contribution in [3.8, 4) is 17.1 Å². The van der Waals surface area contributed by atoms with E-state index < -0.39 is 6.09 Å². The third-order valence-corrected chi connectivity index (χ3v) is 6.46. The molecule has 156 valence electrons. The first kappa shape index (κ1) is 19.4. The molecule has 0 radical (unpaired) electrons. The number of hydrogen-bond donors (Lipinski definition) is 1. The van der Waals surface area contributed by atoms with Crippen molar-refractivity contribution >= 4 is 27.8 Å². The predicted octanol–water partition coefficient (Wildman–Crippen LogP) is 4.69. The molecule has 31 heavy (non-hydrogen) atoms. The number of rotatable bonds is 3. The van der Waals surface area contributed by atoms with E-state index in [1.807, 2.05) is 49.4 Å². The third-order valence-electron chi connectivity index (χ3n) is 5.41. The number of likely N-dealkylation sites (tertiary alicyclic amines) is 1. The van der Waals surface area contributed by atoms with Gasteiger partial charge in [0.2, 0.25) is 0 Å². The fourth-order valence-corrected chi connectivity index (χ4v) is 4.93. The summed E-state index contributed by atoms with van der Waals surface area (Å²) in [5.41, 5.74) is 1.94. The van der Waals surface area contributed by atoms with Crippen molar-refractivity contribution in [2.24, 2.45) is 0 Å². The Bertz CT molecular complexity index is 1320. The fraction of sp³-hybridized carbons (Fsp3) is 0.217. The van der Waals surface area contributed by atoms with Gasteiger partial charge in [-0.05, 0) is 37.5 Å². The van der Waals surface area contributed by atoms with Crippen LogP contribution in [-0.2, 0) is 0 Å². The highest BCUT2D eigenvalue weighted by molar-refractivity contribution is 7.18. The molecule has 2 aromatic heterocycles. The minimum Gasteiger partial charge on any atom is -0.410 e. The molecule has 1 atom stereocenters. The summed E-state index contributed by atoms with van der Waals surface area (Å²) in [6.07, 6.45) is 1.21. The molecule has 0 bridgehead atoms. The smallest absolute Gasteiger partial charge is 0.410 e. The lowest BCUT2D eigenvalue weighted by molar-refractivity contribution is 0.147. The van der Waals surface area contributed by atoms with Gasteiger partial charge in [-0.3, -0.25) is 9.69 Å². The van der Waals surface area contributed by atoms with Gasteiger partial charge in [-0.1, -0.05) is 53.8 Å².